The van der Waals surface area contributed by atoms with Crippen molar-refractivity contribution in [2.75, 3.05) is 0 Å². The third-order valence-electron chi connectivity index (χ3n) is 0.617. The maximum atomic E-state index is 10.4. The van der Waals surface area contributed by atoms with Crippen LogP contribution in [0.5, 0.6) is 0 Å². The quantitative estimate of drug-likeness (QED) is 0.557. The van der Waals surface area contributed by atoms with Crippen LogP contribution in [0.4, 0.5) is 4.79 Å². The van der Waals surface area contributed by atoms with Crippen LogP contribution in [0, 0.1) is 0 Å². The minimum atomic E-state index is -0.369. The number of urea groups is 1. The fourth-order valence-corrected chi connectivity index (χ4v) is 0.299. The molecule has 0 aromatic carbocycles. The van der Waals surface area contributed by atoms with Gasteiger partial charge in [0.05, 0.1) is 0 Å². The van der Waals surface area contributed by atoms with E-state index in [4.69, 9.17) is 0 Å². The predicted octanol–water partition coefficient (Wildman–Crippen LogP) is 1.32. The van der Waals surface area contributed by atoms with E-state index in [1.54, 1.807) is 6.21 Å². The molecule has 0 aliphatic carbocycles. The number of hydrogen-bond donors (Lipinski definition) is 1. The van der Waals surface area contributed by atoms with Crippen LogP contribution in [-0.4, -0.2) is 12.2 Å². The average molecular weight is 126 g/mol. The van der Waals surface area contributed by atoms with E-state index in [1.807, 2.05) is 6.92 Å². The minimum absolute atomic E-state index is 0.369. The molecule has 1 N–H and O–H groups in total. The van der Waals surface area contributed by atoms with Crippen molar-refractivity contribution < 1.29 is 4.79 Å². The van der Waals surface area contributed by atoms with Gasteiger partial charge in [0.2, 0.25) is 0 Å². The number of nitrogens with zero attached hydrogens (tertiary/aromatic N) is 1. The standard InChI is InChI=1S/C6H10N2O/c1-3-5-8-6(9)7-4-2/h4-5H,2-3H2,1H3,(H,7,9). The first-order valence-corrected chi connectivity index (χ1v) is 2.75. The lowest BCUT2D eigenvalue weighted by atomic mass is 10.5. The van der Waals surface area contributed by atoms with E-state index in [9.17, 15) is 4.79 Å². The molecule has 3 nitrogen and oxygen atoms in total. The van der Waals surface area contributed by atoms with Gasteiger partial charge in [-0.05, 0) is 12.6 Å². The Kier molecular flexibility index (Phi) is 4.40. The first kappa shape index (κ1) is 7.88. The second-order valence-corrected chi connectivity index (χ2v) is 1.37. The largest absolute Gasteiger partial charge is 0.344 e. The topological polar surface area (TPSA) is 41.5 Å². The number of hydrogen-bond acceptors (Lipinski definition) is 1. The van der Waals surface area contributed by atoms with Crippen LogP contribution in [0.15, 0.2) is 17.8 Å². The molecule has 2 amide bonds. The van der Waals surface area contributed by atoms with Gasteiger partial charge in [-0.25, -0.2) is 9.79 Å². The van der Waals surface area contributed by atoms with E-state index in [-0.39, 0.29) is 6.03 Å². The molecule has 0 aliphatic rings. The zero-order valence-corrected chi connectivity index (χ0v) is 5.42. The van der Waals surface area contributed by atoms with Crippen LogP contribution in [0.25, 0.3) is 0 Å². The van der Waals surface area contributed by atoms with Gasteiger partial charge in [-0.2, -0.15) is 0 Å². The lowest BCUT2D eigenvalue weighted by molar-refractivity contribution is 0.252. The Balaban J connectivity index is 3.49. The second-order valence-electron chi connectivity index (χ2n) is 1.37. The molecule has 0 atom stereocenters. The van der Waals surface area contributed by atoms with Crippen molar-refractivity contribution >= 4 is 12.2 Å². The summed E-state index contributed by atoms with van der Waals surface area (Å²) in [5, 5.41) is 2.31. The van der Waals surface area contributed by atoms with E-state index in [0.717, 1.165) is 6.42 Å². The Bertz CT molecular complexity index is 129. The molecule has 0 saturated heterocycles. The van der Waals surface area contributed by atoms with Crippen molar-refractivity contribution in [1.82, 2.24) is 5.32 Å². The molecule has 50 valence electrons. The van der Waals surface area contributed by atoms with Gasteiger partial charge in [-0.1, -0.05) is 13.5 Å². The summed E-state index contributed by atoms with van der Waals surface area (Å²) in [5.41, 5.74) is 0. The van der Waals surface area contributed by atoms with Gasteiger partial charge in [0, 0.05) is 6.21 Å². The number of rotatable bonds is 2. The monoisotopic (exact) mass is 126 g/mol. The highest BCUT2D eigenvalue weighted by molar-refractivity contribution is 5.83. The summed E-state index contributed by atoms with van der Waals surface area (Å²) in [5.74, 6) is 0. The molecule has 0 heterocycles. The van der Waals surface area contributed by atoms with Crippen LogP contribution in [-0.2, 0) is 0 Å². The van der Waals surface area contributed by atoms with Gasteiger partial charge in [-0.3, -0.25) is 0 Å². The molecule has 0 aromatic rings. The molecule has 0 aliphatic heterocycles. The van der Waals surface area contributed by atoms with Crippen LogP contribution in [0.1, 0.15) is 13.3 Å². The maximum absolute atomic E-state index is 10.4. The highest BCUT2D eigenvalue weighted by Gasteiger charge is 1.86. The van der Waals surface area contributed by atoms with Crippen molar-refractivity contribution in [3.8, 4) is 0 Å². The summed E-state index contributed by atoms with van der Waals surface area (Å²) in [6, 6.07) is -0.369. The van der Waals surface area contributed by atoms with Crippen LogP contribution in [0.3, 0.4) is 0 Å². The Morgan fingerprint density at radius 3 is 3.00 bits per heavy atom. The fraction of sp³-hybridized carbons (Fsp3) is 0.333. The third kappa shape index (κ3) is 4.74. The van der Waals surface area contributed by atoms with Crippen LogP contribution >= 0.6 is 0 Å². The number of nitrogens with one attached hydrogen (secondary N) is 1. The molecule has 3 heteroatoms. The SMILES string of the molecule is C=CNC(=O)N=CCC. The Morgan fingerprint density at radius 1 is 1.89 bits per heavy atom. The molecule has 0 bridgehead atoms. The zero-order chi connectivity index (χ0) is 7.11. The molecule has 0 fully saturated rings. The maximum Gasteiger partial charge on any atom is 0.344 e. The highest BCUT2D eigenvalue weighted by Crippen LogP contribution is 1.73. The van der Waals surface area contributed by atoms with E-state index < -0.39 is 0 Å². The summed E-state index contributed by atoms with van der Waals surface area (Å²) >= 11 is 0. The van der Waals surface area contributed by atoms with E-state index in [1.165, 1.54) is 6.20 Å². The Morgan fingerprint density at radius 2 is 2.56 bits per heavy atom. The van der Waals surface area contributed by atoms with Crippen molar-refractivity contribution in [1.29, 1.82) is 0 Å². The summed E-state index contributed by atoms with van der Waals surface area (Å²) in [6.45, 7) is 5.21. The van der Waals surface area contributed by atoms with E-state index in [2.05, 4.69) is 16.9 Å². The van der Waals surface area contributed by atoms with Crippen molar-refractivity contribution in [2.45, 2.75) is 13.3 Å². The summed E-state index contributed by atoms with van der Waals surface area (Å²) in [6.07, 6.45) is 3.61. The van der Waals surface area contributed by atoms with Crippen molar-refractivity contribution in [3.05, 3.63) is 12.8 Å². The zero-order valence-electron chi connectivity index (χ0n) is 5.42. The van der Waals surface area contributed by atoms with Gasteiger partial charge < -0.3 is 5.32 Å². The number of carbonyl (C=O) groups is 1. The first-order chi connectivity index (χ1) is 4.31. The molecule has 0 radical (unpaired) electrons. The van der Waals surface area contributed by atoms with Gasteiger partial charge in [0.15, 0.2) is 0 Å². The molecule has 0 aromatic heterocycles. The van der Waals surface area contributed by atoms with E-state index >= 15 is 0 Å². The summed E-state index contributed by atoms with van der Waals surface area (Å²) in [4.78, 5) is 13.9. The molecule has 0 spiro atoms. The molecular formula is C6H10N2O. The second kappa shape index (κ2) is 5.03. The Labute approximate surface area is 54.5 Å². The molecule has 0 rings (SSSR count). The fourth-order valence-electron chi connectivity index (χ4n) is 0.299. The van der Waals surface area contributed by atoms with Gasteiger partial charge in [0.1, 0.15) is 0 Å². The third-order valence-corrected chi connectivity index (χ3v) is 0.617. The summed E-state index contributed by atoms with van der Waals surface area (Å²) < 4.78 is 0. The number of amides is 2. The van der Waals surface area contributed by atoms with E-state index in [0.29, 0.717) is 0 Å². The van der Waals surface area contributed by atoms with Gasteiger partial charge >= 0.3 is 6.03 Å². The smallest absolute Gasteiger partial charge is 0.313 e. The number of aliphatic imine (C=N–C) groups is 1. The normalized spacial score (nSPS) is 9.44. The highest BCUT2D eigenvalue weighted by atomic mass is 16.2. The first-order valence-electron chi connectivity index (χ1n) is 2.75. The Hall–Kier alpha value is -1.12. The summed E-state index contributed by atoms with van der Waals surface area (Å²) in [7, 11) is 0. The molecule has 0 unspecified atom stereocenters. The predicted molar refractivity (Wildman–Crippen MR) is 37.5 cm³/mol. The molecule has 0 saturated carbocycles. The lowest BCUT2D eigenvalue weighted by Gasteiger charge is -1.87. The average Bonchev–Trinajstić information content (AvgIpc) is 1.85. The van der Waals surface area contributed by atoms with Gasteiger partial charge in [-0.15, -0.1) is 0 Å². The van der Waals surface area contributed by atoms with Crippen LogP contribution < -0.4 is 5.32 Å². The van der Waals surface area contributed by atoms with Gasteiger partial charge in [0.25, 0.3) is 0 Å². The van der Waals surface area contributed by atoms with Crippen LogP contribution in [0.2, 0.25) is 0 Å². The molecule has 9 heavy (non-hydrogen) atoms. The molecular weight excluding hydrogens is 116 g/mol. The number of carbonyl (C=O) groups excluding carboxylic acids is 1. The van der Waals surface area contributed by atoms with Crippen molar-refractivity contribution in [2.24, 2.45) is 4.99 Å². The van der Waals surface area contributed by atoms with Crippen molar-refractivity contribution in [3.63, 3.8) is 0 Å². The lowest BCUT2D eigenvalue weighted by Crippen LogP contribution is -2.10. The minimum Gasteiger partial charge on any atom is -0.313 e.